The van der Waals surface area contributed by atoms with Gasteiger partial charge in [-0.05, 0) is 37.6 Å². The Balaban J connectivity index is 1.78. The Morgan fingerprint density at radius 2 is 1.61 bits per heavy atom. The lowest BCUT2D eigenvalue weighted by atomic mass is 9.82. The van der Waals surface area contributed by atoms with Gasteiger partial charge in [0.2, 0.25) is 11.8 Å². The van der Waals surface area contributed by atoms with Crippen LogP contribution in [-0.2, 0) is 9.59 Å². The predicted octanol–water partition coefficient (Wildman–Crippen LogP) is 5.80. The highest BCUT2D eigenvalue weighted by Gasteiger charge is 2.42. The van der Waals surface area contributed by atoms with Crippen molar-refractivity contribution in [3.63, 3.8) is 0 Å². The zero-order chi connectivity index (χ0) is 25.8. The highest BCUT2D eigenvalue weighted by atomic mass is 35.5. The van der Waals surface area contributed by atoms with Crippen molar-refractivity contribution in [3.05, 3.63) is 76.8 Å². The van der Waals surface area contributed by atoms with E-state index in [1.807, 2.05) is 55.5 Å². The average molecular weight is 509 g/mol. The molecule has 0 bridgehead atoms. The molecule has 8 heteroatoms. The number of aryl methyl sites for hydroxylation is 1. The van der Waals surface area contributed by atoms with Crippen LogP contribution in [-0.4, -0.2) is 33.1 Å². The number of piperidine rings is 1. The highest BCUT2D eigenvalue weighted by Crippen LogP contribution is 2.44. The number of nitrogens with zero attached hydrogens (tertiary/aromatic N) is 1. The van der Waals surface area contributed by atoms with Crippen LogP contribution in [0.5, 0.6) is 17.2 Å². The van der Waals surface area contributed by atoms with Gasteiger partial charge in [0.1, 0.15) is 17.2 Å². The maximum absolute atomic E-state index is 13.8. The van der Waals surface area contributed by atoms with E-state index in [4.69, 9.17) is 25.8 Å². The molecule has 7 nitrogen and oxygen atoms in total. The lowest BCUT2D eigenvalue weighted by molar-refractivity contribution is -0.126. The smallest absolute Gasteiger partial charge is 0.230 e. The van der Waals surface area contributed by atoms with Crippen LogP contribution in [0.25, 0.3) is 0 Å². The van der Waals surface area contributed by atoms with E-state index < -0.39 is 12.0 Å². The number of rotatable bonds is 7. The molecule has 2 unspecified atom stereocenters. The molecule has 1 aliphatic heterocycles. The van der Waals surface area contributed by atoms with E-state index in [-0.39, 0.29) is 18.2 Å². The van der Waals surface area contributed by atoms with Crippen LogP contribution < -0.4 is 24.4 Å². The molecule has 4 rings (SSSR count). The van der Waals surface area contributed by atoms with Gasteiger partial charge in [0.05, 0.1) is 44.0 Å². The minimum absolute atomic E-state index is 0.0520. The van der Waals surface area contributed by atoms with Crippen molar-refractivity contribution < 1.29 is 23.8 Å². The van der Waals surface area contributed by atoms with Gasteiger partial charge in [0, 0.05) is 23.7 Å². The first-order valence-corrected chi connectivity index (χ1v) is 12.0. The Hall–Kier alpha value is -3.71. The molecule has 2 atom stereocenters. The number of hydrogen-bond acceptors (Lipinski definition) is 5. The third-order valence-corrected chi connectivity index (χ3v) is 6.73. The minimum Gasteiger partial charge on any atom is -0.496 e. The molecule has 1 fully saturated rings. The van der Waals surface area contributed by atoms with Gasteiger partial charge in [-0.3, -0.25) is 9.59 Å². The third kappa shape index (κ3) is 4.97. The molecular formula is C28H29ClN2O5. The summed E-state index contributed by atoms with van der Waals surface area (Å²) in [6.07, 6.45) is 0.611. The maximum atomic E-state index is 13.8. The fourth-order valence-corrected chi connectivity index (χ4v) is 4.87. The summed E-state index contributed by atoms with van der Waals surface area (Å²) < 4.78 is 16.4. The Labute approximate surface area is 215 Å². The summed E-state index contributed by atoms with van der Waals surface area (Å²) >= 11 is 6.33. The lowest BCUT2D eigenvalue weighted by Crippen LogP contribution is -2.47. The first-order chi connectivity index (χ1) is 17.4. The van der Waals surface area contributed by atoms with Gasteiger partial charge in [0.25, 0.3) is 0 Å². The molecule has 188 valence electrons. The lowest BCUT2D eigenvalue weighted by Gasteiger charge is -2.41. The Bertz CT molecular complexity index is 1260. The predicted molar refractivity (Wildman–Crippen MR) is 140 cm³/mol. The van der Waals surface area contributed by atoms with Crippen LogP contribution in [0.15, 0.2) is 60.7 Å². The summed E-state index contributed by atoms with van der Waals surface area (Å²) in [5, 5.41) is 3.32. The molecule has 2 amide bonds. The summed E-state index contributed by atoms with van der Waals surface area (Å²) in [6.45, 7) is 1.99. The van der Waals surface area contributed by atoms with Crippen LogP contribution >= 0.6 is 11.6 Å². The number of ether oxygens (including phenoxy) is 3. The van der Waals surface area contributed by atoms with Crippen molar-refractivity contribution >= 4 is 34.8 Å². The number of carbonyl (C=O) groups excluding carboxylic acids is 2. The molecule has 1 aliphatic rings. The summed E-state index contributed by atoms with van der Waals surface area (Å²) in [4.78, 5) is 28.8. The number of halogens is 1. The number of carbonyl (C=O) groups is 2. The Morgan fingerprint density at radius 1 is 0.944 bits per heavy atom. The van der Waals surface area contributed by atoms with Crippen LogP contribution in [0, 0.1) is 12.8 Å². The molecule has 0 radical (unpaired) electrons. The van der Waals surface area contributed by atoms with E-state index in [1.165, 1.54) is 14.2 Å². The SMILES string of the molecule is COc1cc(OC)c(NC(=O)C2CCC(=O)N(c3ccc(C)cc3)C2c2ccccc2OC)cc1Cl. The zero-order valence-corrected chi connectivity index (χ0v) is 21.5. The largest absolute Gasteiger partial charge is 0.496 e. The molecule has 0 aliphatic carbocycles. The third-order valence-electron chi connectivity index (χ3n) is 6.44. The van der Waals surface area contributed by atoms with Crippen molar-refractivity contribution in [2.24, 2.45) is 5.92 Å². The van der Waals surface area contributed by atoms with E-state index in [2.05, 4.69) is 5.32 Å². The number of para-hydroxylation sites is 1. The van der Waals surface area contributed by atoms with E-state index in [9.17, 15) is 9.59 Å². The fourth-order valence-electron chi connectivity index (χ4n) is 4.63. The summed E-state index contributed by atoms with van der Waals surface area (Å²) in [5.41, 5.74) is 2.98. The van der Waals surface area contributed by atoms with Crippen molar-refractivity contribution in [3.8, 4) is 17.2 Å². The van der Waals surface area contributed by atoms with Crippen LogP contribution in [0.2, 0.25) is 5.02 Å². The van der Waals surface area contributed by atoms with Gasteiger partial charge in [-0.25, -0.2) is 0 Å². The number of hydrogen-bond donors (Lipinski definition) is 1. The number of anilines is 2. The quantitative estimate of drug-likeness (QED) is 0.436. The Morgan fingerprint density at radius 3 is 2.28 bits per heavy atom. The van der Waals surface area contributed by atoms with Gasteiger partial charge in [-0.2, -0.15) is 0 Å². The standard InChI is InChI=1S/C28H29ClN2O5/c1-17-9-11-18(12-10-17)31-26(32)14-13-20(27(31)19-7-5-6-8-23(19)34-2)28(33)30-22-15-21(29)24(35-3)16-25(22)36-4/h5-12,15-16,20,27H,13-14H2,1-4H3,(H,30,33). The number of benzene rings is 3. The van der Waals surface area contributed by atoms with Gasteiger partial charge in [0.15, 0.2) is 0 Å². The van der Waals surface area contributed by atoms with Crippen LogP contribution in [0.3, 0.4) is 0 Å². The van der Waals surface area contributed by atoms with E-state index >= 15 is 0 Å². The molecule has 0 aromatic heterocycles. The fraction of sp³-hybridized carbons (Fsp3) is 0.286. The molecule has 0 saturated carbocycles. The van der Waals surface area contributed by atoms with E-state index in [0.717, 1.165) is 16.8 Å². The second-order valence-electron chi connectivity index (χ2n) is 8.61. The normalized spacial score (nSPS) is 17.5. The van der Waals surface area contributed by atoms with Gasteiger partial charge >= 0.3 is 0 Å². The Kier molecular flexibility index (Phi) is 7.70. The highest BCUT2D eigenvalue weighted by molar-refractivity contribution is 6.32. The first kappa shape index (κ1) is 25.4. The van der Waals surface area contributed by atoms with Crippen molar-refractivity contribution in [1.82, 2.24) is 0 Å². The maximum Gasteiger partial charge on any atom is 0.230 e. The zero-order valence-electron chi connectivity index (χ0n) is 20.7. The van der Waals surface area contributed by atoms with Crippen molar-refractivity contribution in [2.75, 3.05) is 31.5 Å². The topological polar surface area (TPSA) is 77.1 Å². The van der Waals surface area contributed by atoms with Gasteiger partial charge in [-0.1, -0.05) is 47.5 Å². The van der Waals surface area contributed by atoms with E-state index in [1.54, 1.807) is 24.1 Å². The molecule has 1 N–H and O–H groups in total. The van der Waals surface area contributed by atoms with Crippen molar-refractivity contribution in [2.45, 2.75) is 25.8 Å². The first-order valence-electron chi connectivity index (χ1n) is 11.6. The number of nitrogens with one attached hydrogen (secondary N) is 1. The minimum atomic E-state index is -0.579. The second kappa shape index (κ2) is 10.9. The molecule has 0 spiro atoms. The summed E-state index contributed by atoms with van der Waals surface area (Å²) in [7, 11) is 4.60. The molecule has 3 aromatic rings. The van der Waals surface area contributed by atoms with Gasteiger partial charge in [-0.15, -0.1) is 0 Å². The number of methoxy groups -OCH3 is 3. The number of amides is 2. The molecule has 36 heavy (non-hydrogen) atoms. The molecule has 3 aromatic carbocycles. The second-order valence-corrected chi connectivity index (χ2v) is 9.01. The van der Waals surface area contributed by atoms with Crippen molar-refractivity contribution in [1.29, 1.82) is 0 Å². The van der Waals surface area contributed by atoms with Crippen LogP contribution in [0.1, 0.15) is 30.0 Å². The molecule has 1 heterocycles. The summed E-state index contributed by atoms with van der Waals surface area (Å²) in [6, 6.07) is 17.8. The van der Waals surface area contributed by atoms with Crippen LogP contribution in [0.4, 0.5) is 11.4 Å². The molecular weight excluding hydrogens is 480 g/mol. The molecule has 1 saturated heterocycles. The van der Waals surface area contributed by atoms with E-state index in [0.29, 0.717) is 34.4 Å². The average Bonchev–Trinajstić information content (AvgIpc) is 2.89. The van der Waals surface area contributed by atoms with Gasteiger partial charge < -0.3 is 24.4 Å². The monoisotopic (exact) mass is 508 g/mol. The summed E-state index contributed by atoms with van der Waals surface area (Å²) in [5.74, 6) is 0.593.